The third kappa shape index (κ3) is 2.05. The van der Waals surface area contributed by atoms with Gasteiger partial charge < -0.3 is 9.84 Å². The van der Waals surface area contributed by atoms with Crippen molar-refractivity contribution in [1.82, 2.24) is 14.8 Å². The highest BCUT2D eigenvalue weighted by Crippen LogP contribution is 2.12. The number of hydrogen-bond acceptors (Lipinski definition) is 5. The van der Waals surface area contributed by atoms with Crippen molar-refractivity contribution < 1.29 is 19.4 Å². The predicted molar refractivity (Wildman–Crippen MR) is 59.7 cm³/mol. The largest absolute Gasteiger partial charge is 0.476 e. The number of carbonyl (C=O) groups excluding carboxylic acids is 1. The molecule has 7 heteroatoms. The Hall–Kier alpha value is -2.70. The summed E-state index contributed by atoms with van der Waals surface area (Å²) in [5, 5.41) is 12.6. The molecule has 0 aliphatic carbocycles. The molecule has 2 heterocycles. The van der Waals surface area contributed by atoms with E-state index in [1.165, 1.54) is 36.3 Å². The average Bonchev–Trinajstić information content (AvgIpc) is 2.87. The normalized spacial score (nSPS) is 10.1. The number of aromatic carboxylic acids is 1. The zero-order valence-electron chi connectivity index (χ0n) is 9.40. The van der Waals surface area contributed by atoms with E-state index >= 15 is 0 Å². The maximum absolute atomic E-state index is 11.5. The maximum Gasteiger partial charge on any atom is 0.356 e. The van der Waals surface area contributed by atoms with Gasteiger partial charge in [-0.3, -0.25) is 0 Å². The van der Waals surface area contributed by atoms with Gasteiger partial charge in [0.25, 0.3) is 0 Å². The van der Waals surface area contributed by atoms with Gasteiger partial charge in [0.1, 0.15) is 5.56 Å². The molecule has 0 fully saturated rings. The van der Waals surface area contributed by atoms with Gasteiger partial charge in [-0.15, -0.1) is 0 Å². The van der Waals surface area contributed by atoms with Crippen molar-refractivity contribution in [2.75, 3.05) is 7.11 Å². The van der Waals surface area contributed by atoms with Crippen LogP contribution in [0, 0.1) is 0 Å². The summed E-state index contributed by atoms with van der Waals surface area (Å²) in [6.45, 7) is 0. The third-order valence-electron chi connectivity index (χ3n) is 2.22. The van der Waals surface area contributed by atoms with E-state index in [0.717, 1.165) is 0 Å². The van der Waals surface area contributed by atoms with Crippen molar-refractivity contribution in [1.29, 1.82) is 0 Å². The van der Waals surface area contributed by atoms with E-state index in [0.29, 0.717) is 0 Å². The fourth-order valence-electron chi connectivity index (χ4n) is 1.40. The van der Waals surface area contributed by atoms with Crippen molar-refractivity contribution in [3.63, 3.8) is 0 Å². The van der Waals surface area contributed by atoms with Crippen LogP contribution in [-0.2, 0) is 4.74 Å². The molecule has 0 aliphatic heterocycles. The Balaban J connectivity index is 2.49. The number of rotatable bonds is 3. The van der Waals surface area contributed by atoms with E-state index in [1.54, 1.807) is 6.07 Å². The monoisotopic (exact) mass is 247 g/mol. The molecule has 0 aromatic carbocycles. The molecule has 0 radical (unpaired) electrons. The van der Waals surface area contributed by atoms with E-state index in [2.05, 4.69) is 14.8 Å². The summed E-state index contributed by atoms with van der Waals surface area (Å²) >= 11 is 0. The molecule has 2 rings (SSSR count). The zero-order chi connectivity index (χ0) is 13.1. The van der Waals surface area contributed by atoms with Crippen LogP contribution in [0.3, 0.4) is 0 Å². The Bertz CT molecular complexity index is 606. The van der Waals surface area contributed by atoms with Crippen LogP contribution in [-0.4, -0.2) is 38.9 Å². The van der Waals surface area contributed by atoms with Crippen molar-refractivity contribution >= 4 is 11.9 Å². The van der Waals surface area contributed by atoms with Gasteiger partial charge >= 0.3 is 11.9 Å². The lowest BCUT2D eigenvalue weighted by atomic mass is 10.2. The summed E-state index contributed by atoms with van der Waals surface area (Å²) in [5.74, 6) is -1.49. The van der Waals surface area contributed by atoms with E-state index in [-0.39, 0.29) is 17.1 Å². The number of carbonyl (C=O) groups is 2. The van der Waals surface area contributed by atoms with Gasteiger partial charge in [-0.25, -0.2) is 19.3 Å². The SMILES string of the molecule is COC(=O)c1cccnc1-n1ccc(C(=O)O)n1. The van der Waals surface area contributed by atoms with Crippen LogP contribution in [0.25, 0.3) is 5.82 Å². The predicted octanol–water partition coefficient (Wildman–Crippen LogP) is 0.752. The molecule has 0 bridgehead atoms. The molecule has 18 heavy (non-hydrogen) atoms. The molecule has 0 saturated heterocycles. The maximum atomic E-state index is 11.5. The number of nitrogens with zero attached hydrogens (tertiary/aromatic N) is 3. The molecule has 0 saturated carbocycles. The quantitative estimate of drug-likeness (QED) is 0.804. The number of esters is 1. The number of ether oxygens (including phenoxy) is 1. The summed E-state index contributed by atoms with van der Waals surface area (Å²) < 4.78 is 5.83. The molecular weight excluding hydrogens is 238 g/mol. The van der Waals surface area contributed by atoms with Crippen molar-refractivity contribution in [2.24, 2.45) is 0 Å². The molecule has 0 aliphatic rings. The zero-order valence-corrected chi connectivity index (χ0v) is 9.40. The number of pyridine rings is 1. The summed E-state index contributed by atoms with van der Waals surface area (Å²) in [6, 6.07) is 4.42. The van der Waals surface area contributed by atoms with Gasteiger partial charge in [0.05, 0.1) is 7.11 Å². The summed E-state index contributed by atoms with van der Waals surface area (Å²) in [6.07, 6.45) is 2.89. The lowest BCUT2D eigenvalue weighted by Crippen LogP contribution is -2.10. The van der Waals surface area contributed by atoms with Gasteiger partial charge in [0.2, 0.25) is 0 Å². The summed E-state index contributed by atoms with van der Waals surface area (Å²) in [4.78, 5) is 26.3. The van der Waals surface area contributed by atoms with E-state index in [4.69, 9.17) is 5.11 Å². The van der Waals surface area contributed by atoms with Gasteiger partial charge in [-0.1, -0.05) is 0 Å². The summed E-state index contributed by atoms with van der Waals surface area (Å²) in [7, 11) is 1.25. The number of hydrogen-bond donors (Lipinski definition) is 1. The first-order chi connectivity index (χ1) is 8.63. The molecule has 0 atom stereocenters. The molecule has 1 N–H and O–H groups in total. The van der Waals surface area contributed by atoms with Gasteiger partial charge in [-0.05, 0) is 18.2 Å². The molecule has 0 amide bonds. The topological polar surface area (TPSA) is 94.3 Å². The second kappa shape index (κ2) is 4.66. The molecule has 92 valence electrons. The average molecular weight is 247 g/mol. The minimum atomic E-state index is -1.15. The molecule has 2 aromatic heterocycles. The Morgan fingerprint density at radius 3 is 2.78 bits per heavy atom. The Morgan fingerprint density at radius 1 is 1.39 bits per heavy atom. The molecule has 0 unspecified atom stereocenters. The fraction of sp³-hybridized carbons (Fsp3) is 0.0909. The Kier molecular flexibility index (Phi) is 3.05. The second-order valence-corrected chi connectivity index (χ2v) is 3.32. The van der Waals surface area contributed by atoms with Crippen LogP contribution in [0.2, 0.25) is 0 Å². The number of carboxylic acid groups (broad SMARTS) is 1. The van der Waals surface area contributed by atoms with Gasteiger partial charge in [0.15, 0.2) is 11.5 Å². The van der Waals surface area contributed by atoms with Crippen molar-refractivity contribution in [3.05, 3.63) is 41.9 Å². The smallest absolute Gasteiger partial charge is 0.356 e. The van der Waals surface area contributed by atoms with Crippen LogP contribution in [0.4, 0.5) is 0 Å². The van der Waals surface area contributed by atoms with Crippen molar-refractivity contribution in [2.45, 2.75) is 0 Å². The number of methoxy groups -OCH3 is 1. The van der Waals surface area contributed by atoms with E-state index in [1.807, 2.05) is 0 Å². The highest BCUT2D eigenvalue weighted by molar-refractivity contribution is 5.92. The van der Waals surface area contributed by atoms with Gasteiger partial charge in [-0.2, -0.15) is 5.10 Å². The molecule has 2 aromatic rings. The van der Waals surface area contributed by atoms with Crippen molar-refractivity contribution in [3.8, 4) is 5.82 Å². The first-order valence-corrected chi connectivity index (χ1v) is 4.96. The fourth-order valence-corrected chi connectivity index (χ4v) is 1.40. The minimum Gasteiger partial charge on any atom is -0.476 e. The highest BCUT2D eigenvalue weighted by atomic mass is 16.5. The first-order valence-electron chi connectivity index (χ1n) is 4.96. The first kappa shape index (κ1) is 11.8. The standard InChI is InChI=1S/C11H9N3O4/c1-18-11(17)7-3-2-5-12-9(7)14-6-4-8(13-14)10(15)16/h2-6H,1H3,(H,15,16). The number of carboxylic acids is 1. The molecule has 0 spiro atoms. The van der Waals surface area contributed by atoms with E-state index < -0.39 is 11.9 Å². The van der Waals surface area contributed by atoms with Crippen LogP contribution in [0.1, 0.15) is 20.8 Å². The van der Waals surface area contributed by atoms with Gasteiger partial charge in [0, 0.05) is 12.4 Å². The van der Waals surface area contributed by atoms with Crippen LogP contribution in [0.15, 0.2) is 30.6 Å². The van der Waals surface area contributed by atoms with Crippen LogP contribution >= 0.6 is 0 Å². The second-order valence-electron chi connectivity index (χ2n) is 3.32. The van der Waals surface area contributed by atoms with Crippen LogP contribution in [0.5, 0.6) is 0 Å². The lowest BCUT2D eigenvalue weighted by molar-refractivity contribution is 0.0599. The highest BCUT2D eigenvalue weighted by Gasteiger charge is 2.16. The Labute approximate surface area is 102 Å². The summed E-state index contributed by atoms with van der Waals surface area (Å²) in [5.41, 5.74) is 0.0801. The lowest BCUT2D eigenvalue weighted by Gasteiger charge is -2.05. The van der Waals surface area contributed by atoms with Crippen LogP contribution < -0.4 is 0 Å². The number of aromatic nitrogens is 3. The van der Waals surface area contributed by atoms with E-state index in [9.17, 15) is 9.59 Å². The third-order valence-corrected chi connectivity index (χ3v) is 2.22. The molecule has 7 nitrogen and oxygen atoms in total. The Morgan fingerprint density at radius 2 is 2.17 bits per heavy atom. The molecular formula is C11H9N3O4. The minimum absolute atomic E-state index is 0.128.